The highest BCUT2D eigenvalue weighted by Gasteiger charge is 2.52. The third-order valence-corrected chi connectivity index (χ3v) is 6.25. The Hall–Kier alpha value is -1.37. The van der Waals surface area contributed by atoms with Gasteiger partial charge in [0.05, 0.1) is 32.0 Å². The Bertz CT molecular complexity index is 885. The van der Waals surface area contributed by atoms with Gasteiger partial charge in [-0.1, -0.05) is 6.07 Å². The number of ether oxygens (including phenoxy) is 5. The number of aromatic nitrogens is 1. The molecule has 3 rings (SSSR count). The summed E-state index contributed by atoms with van der Waals surface area (Å²) in [6, 6.07) is 1.96. The number of rotatable bonds is 13. The van der Waals surface area contributed by atoms with Gasteiger partial charge in [0, 0.05) is 18.9 Å². The molecule has 2 aliphatic rings. The first-order chi connectivity index (χ1) is 18.9. The van der Waals surface area contributed by atoms with Gasteiger partial charge in [-0.25, -0.2) is 5.48 Å². The normalized spacial score (nSPS) is 33.8. The largest absolute Gasteiger partial charge is 0.394 e. The lowest BCUT2D eigenvalue weighted by atomic mass is 9.96. The van der Waals surface area contributed by atoms with E-state index in [1.165, 1.54) is 0 Å². The van der Waals surface area contributed by atoms with Gasteiger partial charge in [-0.2, -0.15) is 0 Å². The number of aliphatic hydroxyl groups is 6. The number of pyridine rings is 1. The Labute approximate surface area is 233 Å². The summed E-state index contributed by atoms with van der Waals surface area (Å²) in [6.45, 7) is 6.83. The summed E-state index contributed by atoms with van der Waals surface area (Å²) in [5.41, 5.74) is 4.05. The molecule has 0 aromatic carbocycles. The third kappa shape index (κ3) is 9.06. The van der Waals surface area contributed by atoms with E-state index in [1.54, 1.807) is 33.2 Å². The van der Waals surface area contributed by atoms with Gasteiger partial charge < -0.3 is 54.3 Å². The first-order valence-corrected chi connectivity index (χ1v) is 13.3. The molecule has 2 fully saturated rings. The zero-order valence-corrected chi connectivity index (χ0v) is 23.3. The summed E-state index contributed by atoms with van der Waals surface area (Å²) >= 11 is 0. The van der Waals surface area contributed by atoms with Crippen LogP contribution in [0.1, 0.15) is 38.3 Å². The number of aliphatic hydroxyl groups excluding tert-OH is 6. The van der Waals surface area contributed by atoms with Gasteiger partial charge in [0.25, 0.3) is 0 Å². The molecular formula is C26H43N2O12. The molecule has 2 saturated heterocycles. The molecule has 229 valence electrons. The summed E-state index contributed by atoms with van der Waals surface area (Å²) in [4.78, 5) is 9.49. The van der Waals surface area contributed by atoms with Gasteiger partial charge in [-0.05, 0) is 45.2 Å². The predicted octanol–water partition coefficient (Wildman–Crippen LogP) is -1.57. The standard InChI is InChI=1S/C26H43N2O12/c1-14-8-15(10-27-9-14)13-36-28-6-5-7-35-24-20(33)18(31)22(16(11-29)37-24)39-25-21(34)19(32)23(17(12-30)38-25)40-26(2,3)4/h8-10,17-25,28-34H,5-7,11-13H2,1-4H3/t17?,18-,19-,20?,21?,22+,23+,24-,25+/m0/s1. The molecule has 9 atom stereocenters. The van der Waals surface area contributed by atoms with Crippen molar-refractivity contribution in [2.24, 2.45) is 0 Å². The van der Waals surface area contributed by atoms with Crippen LogP contribution in [0.25, 0.3) is 0 Å². The molecule has 7 N–H and O–H groups in total. The first kappa shape index (κ1) is 33.1. The molecule has 0 amide bonds. The number of nitrogens with one attached hydrogen (secondary N) is 1. The van der Waals surface area contributed by atoms with Crippen LogP contribution in [0.5, 0.6) is 0 Å². The number of aryl methyl sites for hydroxylation is 1. The maximum absolute atomic E-state index is 10.7. The highest BCUT2D eigenvalue weighted by atomic mass is 16.7. The average molecular weight is 576 g/mol. The Kier molecular flexibility index (Phi) is 12.6. The molecule has 3 heterocycles. The molecule has 0 spiro atoms. The minimum Gasteiger partial charge on any atom is -0.394 e. The Morgan fingerprint density at radius 2 is 1.73 bits per heavy atom. The maximum Gasteiger partial charge on any atom is 0.187 e. The molecule has 40 heavy (non-hydrogen) atoms. The van der Waals surface area contributed by atoms with Crippen LogP contribution < -0.4 is 5.48 Å². The molecule has 1 aromatic heterocycles. The van der Waals surface area contributed by atoms with Crippen molar-refractivity contribution >= 4 is 0 Å². The topological polar surface area (TPSA) is 202 Å². The van der Waals surface area contributed by atoms with E-state index in [0.29, 0.717) is 19.6 Å². The van der Waals surface area contributed by atoms with E-state index in [0.717, 1.165) is 11.1 Å². The lowest BCUT2D eigenvalue weighted by Gasteiger charge is -2.47. The van der Waals surface area contributed by atoms with Crippen molar-refractivity contribution in [2.45, 2.75) is 102 Å². The number of hydrogen-bond donors (Lipinski definition) is 7. The van der Waals surface area contributed by atoms with E-state index < -0.39 is 74.1 Å². The molecule has 1 radical (unpaired) electrons. The van der Waals surface area contributed by atoms with Gasteiger partial charge in [-0.3, -0.25) is 9.82 Å². The van der Waals surface area contributed by atoms with Gasteiger partial charge in [0.15, 0.2) is 18.7 Å². The zero-order valence-electron chi connectivity index (χ0n) is 23.3. The van der Waals surface area contributed by atoms with Crippen LogP contribution in [0.3, 0.4) is 0 Å². The van der Waals surface area contributed by atoms with E-state index in [-0.39, 0.29) is 12.7 Å². The molecule has 14 heteroatoms. The minimum absolute atomic E-state index is 0.130. The molecule has 2 aliphatic heterocycles. The Morgan fingerprint density at radius 3 is 2.38 bits per heavy atom. The van der Waals surface area contributed by atoms with Gasteiger partial charge in [-0.15, -0.1) is 0 Å². The fraction of sp³-hybridized carbons (Fsp3) is 0.769. The Morgan fingerprint density at radius 1 is 1.00 bits per heavy atom. The maximum atomic E-state index is 10.7. The first-order valence-electron chi connectivity index (χ1n) is 13.3. The van der Waals surface area contributed by atoms with Crippen molar-refractivity contribution in [1.29, 1.82) is 0 Å². The summed E-state index contributed by atoms with van der Waals surface area (Å²) in [6.07, 6.45) is -8.96. The predicted molar refractivity (Wildman–Crippen MR) is 137 cm³/mol. The molecule has 0 bridgehead atoms. The molecule has 3 unspecified atom stereocenters. The quantitative estimate of drug-likeness (QED) is 0.105. The monoisotopic (exact) mass is 575 g/mol. The fourth-order valence-corrected chi connectivity index (χ4v) is 4.34. The molecule has 14 nitrogen and oxygen atoms in total. The van der Waals surface area contributed by atoms with Crippen molar-refractivity contribution in [2.75, 3.05) is 26.4 Å². The van der Waals surface area contributed by atoms with Crippen LogP contribution in [-0.4, -0.2) is 123 Å². The highest BCUT2D eigenvalue weighted by molar-refractivity contribution is 5.15. The molecule has 0 saturated carbocycles. The van der Waals surface area contributed by atoms with Crippen LogP contribution in [0.4, 0.5) is 0 Å². The average Bonchev–Trinajstić information content (AvgIpc) is 2.90. The van der Waals surface area contributed by atoms with Crippen molar-refractivity contribution in [3.05, 3.63) is 35.7 Å². The van der Waals surface area contributed by atoms with E-state index in [9.17, 15) is 30.6 Å². The second-order valence-electron chi connectivity index (χ2n) is 10.8. The SMILES string of the molecule is Cc1cncc(CONCCCO[C@H]2O[C](CO)[C@@H](O[C@H]3OC(CO)[C@@H](OC(C)(C)C)[C@@H](O)C3O)[C@@H](O)C2O)c1. The van der Waals surface area contributed by atoms with Crippen molar-refractivity contribution in [1.82, 2.24) is 10.5 Å². The third-order valence-electron chi connectivity index (χ3n) is 6.25. The van der Waals surface area contributed by atoms with Crippen molar-refractivity contribution in [3.63, 3.8) is 0 Å². The summed E-state index contributed by atoms with van der Waals surface area (Å²) in [7, 11) is 0. The van der Waals surface area contributed by atoms with Crippen LogP contribution >= 0.6 is 0 Å². The zero-order chi connectivity index (χ0) is 29.4. The molecule has 1 aromatic rings. The minimum atomic E-state index is -1.63. The highest BCUT2D eigenvalue weighted by Crippen LogP contribution is 2.33. The molecular weight excluding hydrogens is 532 g/mol. The lowest BCUT2D eigenvalue weighted by Crippen LogP contribution is -2.64. The smallest absolute Gasteiger partial charge is 0.187 e. The summed E-state index contributed by atoms with van der Waals surface area (Å²) in [5, 5.41) is 62.2. The van der Waals surface area contributed by atoms with Crippen LogP contribution in [-0.2, 0) is 35.1 Å². The van der Waals surface area contributed by atoms with E-state index in [4.69, 9.17) is 28.5 Å². The van der Waals surface area contributed by atoms with E-state index in [2.05, 4.69) is 10.5 Å². The molecule has 0 aliphatic carbocycles. The van der Waals surface area contributed by atoms with Crippen LogP contribution in [0, 0.1) is 13.0 Å². The second kappa shape index (κ2) is 15.2. The number of hydrogen-bond acceptors (Lipinski definition) is 14. The number of nitrogens with zero attached hydrogens (tertiary/aromatic N) is 1. The van der Waals surface area contributed by atoms with E-state index in [1.807, 2.05) is 13.0 Å². The summed E-state index contributed by atoms with van der Waals surface area (Å²) in [5.74, 6) is 0. The van der Waals surface area contributed by atoms with Gasteiger partial charge >= 0.3 is 0 Å². The second-order valence-corrected chi connectivity index (χ2v) is 10.8. The lowest BCUT2D eigenvalue weighted by molar-refractivity contribution is -0.350. The fourth-order valence-electron chi connectivity index (χ4n) is 4.34. The van der Waals surface area contributed by atoms with Crippen LogP contribution in [0.15, 0.2) is 18.5 Å². The summed E-state index contributed by atoms with van der Waals surface area (Å²) < 4.78 is 28.1. The van der Waals surface area contributed by atoms with Crippen molar-refractivity contribution in [3.8, 4) is 0 Å². The Balaban J connectivity index is 1.47. The van der Waals surface area contributed by atoms with Crippen molar-refractivity contribution < 1.29 is 59.2 Å². The van der Waals surface area contributed by atoms with Gasteiger partial charge in [0.2, 0.25) is 0 Å². The van der Waals surface area contributed by atoms with Crippen LogP contribution in [0.2, 0.25) is 0 Å². The van der Waals surface area contributed by atoms with E-state index >= 15 is 0 Å². The number of hydroxylamine groups is 1. The van der Waals surface area contributed by atoms with Gasteiger partial charge in [0.1, 0.15) is 42.7 Å².